The van der Waals surface area contributed by atoms with E-state index in [9.17, 15) is 5.11 Å². The van der Waals surface area contributed by atoms with Gasteiger partial charge >= 0.3 is 0 Å². The van der Waals surface area contributed by atoms with Crippen molar-refractivity contribution in [3.63, 3.8) is 0 Å². The van der Waals surface area contributed by atoms with Gasteiger partial charge in [-0.2, -0.15) is 0 Å². The first-order valence-electron chi connectivity index (χ1n) is 6.80. The van der Waals surface area contributed by atoms with Gasteiger partial charge in [-0.3, -0.25) is 0 Å². The number of thiazole rings is 1. The first kappa shape index (κ1) is 12.6. The highest BCUT2D eigenvalue weighted by Gasteiger charge is 2.24. The highest BCUT2D eigenvalue weighted by molar-refractivity contribution is 7.15. The second-order valence-corrected chi connectivity index (χ2v) is 5.85. The lowest BCUT2D eigenvalue weighted by Crippen LogP contribution is -2.15. The standard InChI is InChI=1S/C15H18N2OS/c1-2-17(11-7-4-3-5-8-11)15-16-14-12(18)9-6-10-13(14)19-15/h3-5,7-8,12,18H,2,6,9-10H2,1H3. The number of fused-ring (bicyclic) bond motifs is 1. The van der Waals surface area contributed by atoms with E-state index >= 15 is 0 Å². The molecule has 1 aliphatic rings. The fourth-order valence-corrected chi connectivity index (χ4v) is 3.78. The fourth-order valence-electron chi connectivity index (χ4n) is 2.53. The highest BCUT2D eigenvalue weighted by Crippen LogP contribution is 2.38. The van der Waals surface area contributed by atoms with Crippen LogP contribution < -0.4 is 4.90 Å². The number of nitrogens with zero attached hydrogens (tertiary/aromatic N) is 2. The second-order valence-electron chi connectivity index (χ2n) is 4.79. The monoisotopic (exact) mass is 274 g/mol. The Morgan fingerprint density at radius 2 is 2.16 bits per heavy atom. The van der Waals surface area contributed by atoms with E-state index in [2.05, 4.69) is 28.9 Å². The Labute approximate surface area is 117 Å². The van der Waals surface area contributed by atoms with Crippen LogP contribution in [0.5, 0.6) is 0 Å². The zero-order valence-corrected chi connectivity index (χ0v) is 11.9. The van der Waals surface area contributed by atoms with Gasteiger partial charge in [0, 0.05) is 17.1 Å². The third kappa shape index (κ3) is 2.38. The third-order valence-electron chi connectivity index (χ3n) is 3.53. The van der Waals surface area contributed by atoms with E-state index in [4.69, 9.17) is 0 Å². The molecular weight excluding hydrogens is 256 g/mol. The molecule has 1 heterocycles. The molecule has 1 N–H and O–H groups in total. The summed E-state index contributed by atoms with van der Waals surface area (Å²) in [7, 11) is 0. The minimum atomic E-state index is -0.372. The predicted octanol–water partition coefficient (Wildman–Crippen LogP) is 3.67. The summed E-state index contributed by atoms with van der Waals surface area (Å²) in [6.07, 6.45) is 2.58. The molecule has 0 radical (unpaired) electrons. The van der Waals surface area contributed by atoms with Crippen molar-refractivity contribution in [3.05, 3.63) is 40.9 Å². The van der Waals surface area contributed by atoms with Gasteiger partial charge in [0.2, 0.25) is 0 Å². The van der Waals surface area contributed by atoms with E-state index in [1.807, 2.05) is 18.2 Å². The third-order valence-corrected chi connectivity index (χ3v) is 4.68. The molecule has 4 heteroatoms. The van der Waals surface area contributed by atoms with Gasteiger partial charge in [-0.05, 0) is 38.3 Å². The average molecular weight is 274 g/mol. The molecule has 3 rings (SSSR count). The van der Waals surface area contributed by atoms with Gasteiger partial charge in [0.15, 0.2) is 5.13 Å². The SMILES string of the molecule is CCN(c1ccccc1)c1nc2c(s1)CCCC2O. The van der Waals surface area contributed by atoms with Crippen molar-refractivity contribution in [2.75, 3.05) is 11.4 Å². The molecule has 0 saturated carbocycles. The Kier molecular flexibility index (Phi) is 3.53. The summed E-state index contributed by atoms with van der Waals surface area (Å²) in [5.74, 6) is 0. The number of benzene rings is 1. The molecule has 0 aliphatic heterocycles. The molecule has 100 valence electrons. The van der Waals surface area contributed by atoms with Gasteiger partial charge in [0.1, 0.15) is 0 Å². The maximum absolute atomic E-state index is 10.0. The molecule has 1 aromatic heterocycles. The number of rotatable bonds is 3. The van der Waals surface area contributed by atoms with E-state index in [1.165, 1.54) is 4.88 Å². The summed E-state index contributed by atoms with van der Waals surface area (Å²) in [6.45, 7) is 3.01. The molecule has 1 aromatic carbocycles. The number of aromatic nitrogens is 1. The lowest BCUT2D eigenvalue weighted by atomic mass is 10.0. The van der Waals surface area contributed by atoms with Crippen LogP contribution in [-0.4, -0.2) is 16.6 Å². The van der Waals surface area contributed by atoms with E-state index in [0.717, 1.165) is 42.3 Å². The zero-order chi connectivity index (χ0) is 13.2. The molecule has 0 bridgehead atoms. The Bertz CT molecular complexity index is 553. The minimum Gasteiger partial charge on any atom is -0.387 e. The Morgan fingerprint density at radius 1 is 1.37 bits per heavy atom. The molecule has 0 saturated heterocycles. The van der Waals surface area contributed by atoms with Crippen LogP contribution in [0.2, 0.25) is 0 Å². The predicted molar refractivity (Wildman–Crippen MR) is 79.1 cm³/mol. The second kappa shape index (κ2) is 5.31. The van der Waals surface area contributed by atoms with Crippen molar-refractivity contribution in [2.24, 2.45) is 0 Å². The van der Waals surface area contributed by atoms with E-state index in [0.29, 0.717) is 0 Å². The average Bonchev–Trinajstić information content (AvgIpc) is 2.86. The molecule has 2 aromatic rings. The molecule has 0 amide bonds. The molecule has 1 unspecified atom stereocenters. The highest BCUT2D eigenvalue weighted by atomic mass is 32.1. The molecule has 3 nitrogen and oxygen atoms in total. The number of aliphatic hydroxyl groups is 1. The smallest absolute Gasteiger partial charge is 0.190 e. The number of para-hydroxylation sites is 1. The Morgan fingerprint density at radius 3 is 2.84 bits per heavy atom. The van der Waals surface area contributed by atoms with Crippen LogP contribution in [-0.2, 0) is 6.42 Å². The van der Waals surface area contributed by atoms with Crippen molar-refractivity contribution in [1.29, 1.82) is 0 Å². The van der Waals surface area contributed by atoms with Crippen LogP contribution in [0.4, 0.5) is 10.8 Å². The van der Waals surface area contributed by atoms with Gasteiger partial charge < -0.3 is 10.0 Å². The van der Waals surface area contributed by atoms with Crippen LogP contribution in [0.1, 0.15) is 36.4 Å². The molecule has 19 heavy (non-hydrogen) atoms. The first-order valence-corrected chi connectivity index (χ1v) is 7.61. The fraction of sp³-hybridized carbons (Fsp3) is 0.400. The van der Waals surface area contributed by atoms with Crippen molar-refractivity contribution >= 4 is 22.2 Å². The summed E-state index contributed by atoms with van der Waals surface area (Å²) in [5, 5.41) is 11.0. The maximum Gasteiger partial charge on any atom is 0.190 e. The molecule has 0 spiro atoms. The van der Waals surface area contributed by atoms with Crippen LogP contribution >= 0.6 is 11.3 Å². The van der Waals surface area contributed by atoms with Gasteiger partial charge in [0.05, 0.1) is 11.8 Å². The van der Waals surface area contributed by atoms with Crippen molar-refractivity contribution < 1.29 is 5.11 Å². The quantitative estimate of drug-likeness (QED) is 0.927. The van der Waals surface area contributed by atoms with Gasteiger partial charge in [-0.25, -0.2) is 4.98 Å². The normalized spacial score (nSPS) is 18.1. The number of anilines is 2. The van der Waals surface area contributed by atoms with Crippen molar-refractivity contribution in [1.82, 2.24) is 4.98 Å². The van der Waals surface area contributed by atoms with E-state index < -0.39 is 0 Å². The summed E-state index contributed by atoms with van der Waals surface area (Å²) in [5.41, 5.74) is 2.06. The van der Waals surface area contributed by atoms with Gasteiger partial charge in [0.25, 0.3) is 0 Å². The van der Waals surface area contributed by atoms with Crippen LogP contribution in [0, 0.1) is 0 Å². The maximum atomic E-state index is 10.0. The Hall–Kier alpha value is -1.39. The largest absolute Gasteiger partial charge is 0.387 e. The van der Waals surface area contributed by atoms with E-state index in [1.54, 1.807) is 11.3 Å². The number of hydrogen-bond acceptors (Lipinski definition) is 4. The van der Waals surface area contributed by atoms with Crippen LogP contribution in [0.3, 0.4) is 0 Å². The van der Waals surface area contributed by atoms with Gasteiger partial charge in [-0.1, -0.05) is 18.2 Å². The van der Waals surface area contributed by atoms with Crippen molar-refractivity contribution in [2.45, 2.75) is 32.3 Å². The number of aliphatic hydroxyl groups excluding tert-OH is 1. The summed E-state index contributed by atoms with van der Waals surface area (Å²) < 4.78 is 0. The van der Waals surface area contributed by atoms with Crippen LogP contribution in [0.25, 0.3) is 0 Å². The first-order chi connectivity index (χ1) is 9.29. The Balaban J connectivity index is 1.97. The summed E-state index contributed by atoms with van der Waals surface area (Å²) >= 11 is 1.72. The van der Waals surface area contributed by atoms with E-state index in [-0.39, 0.29) is 6.10 Å². The molecule has 1 aliphatic carbocycles. The number of hydrogen-bond donors (Lipinski definition) is 1. The molecular formula is C15H18N2OS. The molecule has 1 atom stereocenters. The lowest BCUT2D eigenvalue weighted by molar-refractivity contribution is 0.153. The summed E-state index contributed by atoms with van der Waals surface area (Å²) in [6, 6.07) is 10.3. The van der Waals surface area contributed by atoms with Crippen LogP contribution in [0.15, 0.2) is 30.3 Å². The molecule has 0 fully saturated rings. The van der Waals surface area contributed by atoms with Crippen molar-refractivity contribution in [3.8, 4) is 0 Å². The number of aryl methyl sites for hydroxylation is 1. The minimum absolute atomic E-state index is 0.372. The summed E-state index contributed by atoms with van der Waals surface area (Å²) in [4.78, 5) is 8.13. The van der Waals surface area contributed by atoms with Gasteiger partial charge in [-0.15, -0.1) is 11.3 Å². The topological polar surface area (TPSA) is 36.4 Å². The lowest BCUT2D eigenvalue weighted by Gasteiger charge is -2.19. The zero-order valence-electron chi connectivity index (χ0n) is 11.0.